The highest BCUT2D eigenvalue weighted by atomic mass is 16.4. The van der Waals surface area contributed by atoms with Gasteiger partial charge in [0, 0.05) is 11.3 Å². The molecule has 0 fully saturated rings. The van der Waals surface area contributed by atoms with Crippen molar-refractivity contribution in [1.29, 1.82) is 0 Å². The molecule has 0 saturated heterocycles. The maximum atomic E-state index is 10.5. The fraction of sp³-hybridized carbons (Fsp3) is 0.182. The summed E-state index contributed by atoms with van der Waals surface area (Å²) in [5, 5.41) is 8.58. The monoisotopic (exact) mass is 191 g/mol. The minimum Gasteiger partial charge on any atom is -0.478 e. The molecule has 74 valence electrons. The first-order valence-corrected chi connectivity index (χ1v) is 4.35. The lowest BCUT2D eigenvalue weighted by atomic mass is 10.1. The van der Waals surface area contributed by atoms with Crippen LogP contribution in [-0.2, 0) is 11.2 Å². The Labute approximate surface area is 82.9 Å². The van der Waals surface area contributed by atoms with Gasteiger partial charge in [0.25, 0.3) is 0 Å². The van der Waals surface area contributed by atoms with Crippen molar-refractivity contribution in [1.82, 2.24) is 0 Å². The summed E-state index contributed by atoms with van der Waals surface area (Å²) in [6.45, 7) is 3.46. The van der Waals surface area contributed by atoms with Crippen LogP contribution in [0, 0.1) is 0 Å². The van der Waals surface area contributed by atoms with Crippen molar-refractivity contribution in [2.24, 2.45) is 0 Å². The Morgan fingerprint density at radius 2 is 1.93 bits per heavy atom. The van der Waals surface area contributed by atoms with E-state index in [0.717, 1.165) is 5.56 Å². The third kappa shape index (κ3) is 2.94. The lowest BCUT2D eigenvalue weighted by molar-refractivity contribution is -0.132. The molecule has 0 spiro atoms. The maximum absolute atomic E-state index is 10.5. The van der Waals surface area contributed by atoms with Gasteiger partial charge in [0.15, 0.2) is 0 Å². The van der Waals surface area contributed by atoms with E-state index in [9.17, 15) is 4.79 Å². The molecule has 0 radical (unpaired) electrons. The van der Waals surface area contributed by atoms with Crippen molar-refractivity contribution in [3.05, 3.63) is 42.0 Å². The van der Waals surface area contributed by atoms with Gasteiger partial charge in [0.05, 0.1) is 0 Å². The van der Waals surface area contributed by atoms with Crippen molar-refractivity contribution in [3.63, 3.8) is 0 Å². The molecule has 0 aromatic heterocycles. The van der Waals surface area contributed by atoms with Crippen LogP contribution in [0.2, 0.25) is 0 Å². The van der Waals surface area contributed by atoms with E-state index in [-0.39, 0.29) is 5.57 Å². The van der Waals surface area contributed by atoms with Crippen molar-refractivity contribution < 1.29 is 9.90 Å². The summed E-state index contributed by atoms with van der Waals surface area (Å²) in [5.41, 5.74) is 7.54. The second kappa shape index (κ2) is 4.46. The molecule has 0 bridgehead atoms. The second-order valence-electron chi connectivity index (χ2n) is 3.15. The predicted octanol–water partition coefficient (Wildman–Crippen LogP) is 1.84. The Hall–Kier alpha value is -1.77. The fourth-order valence-corrected chi connectivity index (χ4v) is 1.09. The number of hydrogen-bond acceptors (Lipinski definition) is 2. The molecule has 1 rings (SSSR count). The summed E-state index contributed by atoms with van der Waals surface area (Å²) in [5.74, 6) is -0.930. The molecule has 0 heterocycles. The van der Waals surface area contributed by atoms with E-state index in [1.54, 1.807) is 12.1 Å². The molecule has 14 heavy (non-hydrogen) atoms. The Morgan fingerprint density at radius 3 is 2.43 bits per heavy atom. The first-order chi connectivity index (χ1) is 6.59. The number of nitrogen functional groups attached to an aromatic ring is 1. The van der Waals surface area contributed by atoms with Crippen LogP contribution in [0.4, 0.5) is 5.69 Å². The number of nitrogens with two attached hydrogens (primary N) is 1. The van der Waals surface area contributed by atoms with Gasteiger partial charge >= 0.3 is 5.97 Å². The van der Waals surface area contributed by atoms with E-state index in [1.165, 1.54) is 0 Å². The molecule has 0 amide bonds. The van der Waals surface area contributed by atoms with Crippen LogP contribution in [0.5, 0.6) is 0 Å². The lowest BCUT2D eigenvalue weighted by Crippen LogP contribution is -2.00. The van der Waals surface area contributed by atoms with Crippen LogP contribution in [0.15, 0.2) is 36.4 Å². The molecule has 0 unspecified atom stereocenters. The van der Waals surface area contributed by atoms with Gasteiger partial charge in [-0.15, -0.1) is 0 Å². The van der Waals surface area contributed by atoms with E-state index in [4.69, 9.17) is 10.8 Å². The van der Waals surface area contributed by atoms with Gasteiger partial charge in [-0.1, -0.05) is 18.7 Å². The average molecular weight is 191 g/mol. The largest absolute Gasteiger partial charge is 0.478 e. The van der Waals surface area contributed by atoms with E-state index in [0.29, 0.717) is 18.5 Å². The molecule has 3 N–H and O–H groups in total. The number of hydrogen-bond donors (Lipinski definition) is 2. The van der Waals surface area contributed by atoms with Gasteiger partial charge in [-0.2, -0.15) is 0 Å². The number of carboxylic acids is 1. The smallest absolute Gasteiger partial charge is 0.330 e. The summed E-state index contributed by atoms with van der Waals surface area (Å²) >= 11 is 0. The number of aryl methyl sites for hydroxylation is 1. The first-order valence-electron chi connectivity index (χ1n) is 4.35. The van der Waals surface area contributed by atoms with E-state index < -0.39 is 5.97 Å². The topological polar surface area (TPSA) is 63.3 Å². The van der Waals surface area contributed by atoms with Crippen LogP contribution >= 0.6 is 0 Å². The Bertz CT molecular complexity index is 341. The highest BCUT2D eigenvalue weighted by Gasteiger charge is 2.03. The predicted molar refractivity (Wildman–Crippen MR) is 56.0 cm³/mol. The Kier molecular flexibility index (Phi) is 3.29. The molecule has 1 aromatic rings. The number of aliphatic carboxylic acids is 1. The van der Waals surface area contributed by atoms with E-state index >= 15 is 0 Å². The van der Waals surface area contributed by atoms with Gasteiger partial charge in [-0.3, -0.25) is 0 Å². The number of anilines is 1. The first kappa shape index (κ1) is 10.3. The molecule has 0 aliphatic rings. The van der Waals surface area contributed by atoms with Crippen LogP contribution in [-0.4, -0.2) is 11.1 Å². The molecule has 0 saturated carbocycles. The molecule has 3 heteroatoms. The van der Waals surface area contributed by atoms with Crippen molar-refractivity contribution >= 4 is 11.7 Å². The van der Waals surface area contributed by atoms with Crippen LogP contribution < -0.4 is 5.73 Å². The normalized spacial score (nSPS) is 9.71. The van der Waals surface area contributed by atoms with Gasteiger partial charge in [0.1, 0.15) is 0 Å². The summed E-state index contributed by atoms with van der Waals surface area (Å²) in [7, 11) is 0. The quantitative estimate of drug-likeness (QED) is 0.563. The molecule has 1 aromatic carbocycles. The van der Waals surface area contributed by atoms with Crippen LogP contribution in [0.25, 0.3) is 0 Å². The summed E-state index contributed by atoms with van der Waals surface area (Å²) in [4.78, 5) is 10.5. The number of carbonyl (C=O) groups is 1. The van der Waals surface area contributed by atoms with Gasteiger partial charge in [0.2, 0.25) is 0 Å². The van der Waals surface area contributed by atoms with Crippen LogP contribution in [0.1, 0.15) is 12.0 Å². The number of benzene rings is 1. The van der Waals surface area contributed by atoms with Gasteiger partial charge in [-0.05, 0) is 30.5 Å². The number of rotatable bonds is 4. The zero-order valence-corrected chi connectivity index (χ0v) is 7.86. The molecule has 0 atom stereocenters. The van der Waals surface area contributed by atoms with Crippen molar-refractivity contribution in [2.75, 3.05) is 5.73 Å². The summed E-state index contributed by atoms with van der Waals surface area (Å²) in [6, 6.07) is 7.40. The van der Waals surface area contributed by atoms with Crippen LogP contribution in [0.3, 0.4) is 0 Å². The SMILES string of the molecule is C=C(CCc1ccc(N)cc1)C(=O)O. The Balaban J connectivity index is 2.50. The standard InChI is InChI=1S/C11H13NO2/c1-8(11(13)14)2-3-9-4-6-10(12)7-5-9/h4-7H,1-3,12H2,(H,13,14). The third-order valence-electron chi connectivity index (χ3n) is 2.00. The van der Waals surface area contributed by atoms with Crippen molar-refractivity contribution in [2.45, 2.75) is 12.8 Å². The minimum atomic E-state index is -0.930. The molecular formula is C11H13NO2. The van der Waals surface area contributed by atoms with Gasteiger partial charge < -0.3 is 10.8 Å². The minimum absolute atomic E-state index is 0.238. The third-order valence-corrected chi connectivity index (χ3v) is 2.00. The van der Waals surface area contributed by atoms with Crippen molar-refractivity contribution in [3.8, 4) is 0 Å². The lowest BCUT2D eigenvalue weighted by Gasteiger charge is -2.01. The van der Waals surface area contributed by atoms with E-state index in [1.807, 2.05) is 12.1 Å². The zero-order valence-electron chi connectivity index (χ0n) is 7.86. The summed E-state index contributed by atoms with van der Waals surface area (Å²) < 4.78 is 0. The number of carboxylic acid groups (broad SMARTS) is 1. The Morgan fingerprint density at radius 1 is 1.36 bits per heavy atom. The molecule has 3 nitrogen and oxygen atoms in total. The fourth-order valence-electron chi connectivity index (χ4n) is 1.09. The molecular weight excluding hydrogens is 178 g/mol. The highest BCUT2D eigenvalue weighted by Crippen LogP contribution is 2.10. The zero-order chi connectivity index (χ0) is 10.6. The molecule has 0 aliphatic carbocycles. The van der Waals surface area contributed by atoms with E-state index in [2.05, 4.69) is 6.58 Å². The van der Waals surface area contributed by atoms with Gasteiger partial charge in [-0.25, -0.2) is 4.79 Å². The average Bonchev–Trinajstić information content (AvgIpc) is 2.16. The maximum Gasteiger partial charge on any atom is 0.330 e. The second-order valence-corrected chi connectivity index (χ2v) is 3.15. The molecule has 0 aliphatic heterocycles. The highest BCUT2D eigenvalue weighted by molar-refractivity contribution is 5.85. The summed E-state index contributed by atoms with van der Waals surface area (Å²) in [6.07, 6.45) is 1.16.